The van der Waals surface area contributed by atoms with Gasteiger partial charge in [-0.2, -0.15) is 0 Å². The SMILES string of the molecule is CC.CC(C)N1CCCOC1=O. The van der Waals surface area contributed by atoms with Crippen molar-refractivity contribution in [1.29, 1.82) is 0 Å². The van der Waals surface area contributed by atoms with Crippen molar-refractivity contribution in [3.8, 4) is 0 Å². The molecule has 1 aliphatic rings. The van der Waals surface area contributed by atoms with Gasteiger partial charge in [0.25, 0.3) is 0 Å². The van der Waals surface area contributed by atoms with Crippen molar-refractivity contribution in [3.63, 3.8) is 0 Å². The molecule has 0 saturated carbocycles. The maximum Gasteiger partial charge on any atom is 0.409 e. The van der Waals surface area contributed by atoms with Crippen molar-refractivity contribution < 1.29 is 9.53 Å². The monoisotopic (exact) mass is 173 g/mol. The van der Waals surface area contributed by atoms with Crippen molar-refractivity contribution in [3.05, 3.63) is 0 Å². The number of ether oxygens (including phenoxy) is 1. The molecule has 0 unspecified atom stereocenters. The molecule has 1 fully saturated rings. The third-order valence-electron chi connectivity index (χ3n) is 1.63. The van der Waals surface area contributed by atoms with E-state index in [0.29, 0.717) is 6.61 Å². The van der Waals surface area contributed by atoms with Gasteiger partial charge in [-0.05, 0) is 20.3 Å². The van der Waals surface area contributed by atoms with Gasteiger partial charge in [0.1, 0.15) is 0 Å². The summed E-state index contributed by atoms with van der Waals surface area (Å²) < 4.78 is 4.84. The summed E-state index contributed by atoms with van der Waals surface area (Å²) in [5.74, 6) is 0. The minimum Gasteiger partial charge on any atom is -0.449 e. The van der Waals surface area contributed by atoms with Gasteiger partial charge in [-0.25, -0.2) is 4.79 Å². The van der Waals surface area contributed by atoms with E-state index in [1.165, 1.54) is 0 Å². The molecule has 0 radical (unpaired) electrons. The minimum atomic E-state index is -0.166. The fraction of sp³-hybridized carbons (Fsp3) is 0.889. The number of rotatable bonds is 1. The predicted molar refractivity (Wildman–Crippen MR) is 49.2 cm³/mol. The predicted octanol–water partition coefficient (Wildman–Crippen LogP) is 2.26. The molecular weight excluding hydrogens is 154 g/mol. The fourth-order valence-corrected chi connectivity index (χ4v) is 1.04. The number of carbonyl (C=O) groups is 1. The van der Waals surface area contributed by atoms with Gasteiger partial charge in [-0.1, -0.05) is 13.8 Å². The van der Waals surface area contributed by atoms with Crippen LogP contribution in [0.1, 0.15) is 34.1 Å². The number of hydrogen-bond donors (Lipinski definition) is 0. The lowest BCUT2D eigenvalue weighted by Crippen LogP contribution is -2.42. The Bertz CT molecular complexity index is 134. The summed E-state index contributed by atoms with van der Waals surface area (Å²) in [6.07, 6.45) is 0.797. The first-order valence-electron chi connectivity index (χ1n) is 4.65. The molecule has 0 spiro atoms. The maximum absolute atomic E-state index is 10.9. The summed E-state index contributed by atoms with van der Waals surface area (Å²) in [5, 5.41) is 0. The van der Waals surface area contributed by atoms with Crippen LogP contribution in [0.4, 0.5) is 4.79 Å². The topological polar surface area (TPSA) is 29.5 Å². The third-order valence-corrected chi connectivity index (χ3v) is 1.63. The van der Waals surface area contributed by atoms with Crippen LogP contribution in [-0.4, -0.2) is 30.2 Å². The van der Waals surface area contributed by atoms with E-state index in [0.717, 1.165) is 13.0 Å². The molecule has 0 aromatic rings. The van der Waals surface area contributed by atoms with Gasteiger partial charge in [0.05, 0.1) is 6.61 Å². The summed E-state index contributed by atoms with van der Waals surface area (Å²) in [7, 11) is 0. The van der Waals surface area contributed by atoms with Crippen LogP contribution in [0.25, 0.3) is 0 Å². The largest absolute Gasteiger partial charge is 0.449 e. The Morgan fingerprint density at radius 2 is 2.00 bits per heavy atom. The van der Waals surface area contributed by atoms with Crippen molar-refractivity contribution >= 4 is 6.09 Å². The molecule has 1 amide bonds. The van der Waals surface area contributed by atoms with Crippen LogP contribution in [0.15, 0.2) is 0 Å². The molecule has 1 saturated heterocycles. The highest BCUT2D eigenvalue weighted by molar-refractivity contribution is 5.68. The van der Waals surface area contributed by atoms with E-state index in [4.69, 9.17) is 4.74 Å². The van der Waals surface area contributed by atoms with Crippen LogP contribution < -0.4 is 0 Å². The third kappa shape index (κ3) is 3.11. The zero-order valence-electron chi connectivity index (χ0n) is 8.46. The number of cyclic esters (lactones) is 1. The van der Waals surface area contributed by atoms with Gasteiger partial charge in [0.15, 0.2) is 0 Å². The molecule has 1 heterocycles. The van der Waals surface area contributed by atoms with E-state index >= 15 is 0 Å². The van der Waals surface area contributed by atoms with Crippen LogP contribution in [0, 0.1) is 0 Å². The Morgan fingerprint density at radius 1 is 1.42 bits per heavy atom. The highest BCUT2D eigenvalue weighted by atomic mass is 16.6. The summed E-state index contributed by atoms with van der Waals surface area (Å²) >= 11 is 0. The zero-order chi connectivity index (χ0) is 9.56. The van der Waals surface area contributed by atoms with Gasteiger partial charge in [-0.15, -0.1) is 0 Å². The first kappa shape index (κ1) is 11.3. The number of nitrogens with zero attached hydrogens (tertiary/aromatic N) is 1. The highest BCUT2D eigenvalue weighted by Crippen LogP contribution is 2.07. The van der Waals surface area contributed by atoms with Gasteiger partial charge < -0.3 is 9.64 Å². The molecule has 0 atom stereocenters. The highest BCUT2D eigenvalue weighted by Gasteiger charge is 2.21. The van der Waals surface area contributed by atoms with Gasteiger partial charge in [-0.3, -0.25) is 0 Å². The molecular formula is C9H19NO2. The average molecular weight is 173 g/mol. The second-order valence-electron chi connectivity index (χ2n) is 2.76. The molecule has 0 N–H and O–H groups in total. The van der Waals surface area contributed by atoms with Crippen molar-refractivity contribution in [1.82, 2.24) is 4.90 Å². The molecule has 3 heteroatoms. The van der Waals surface area contributed by atoms with Crippen LogP contribution in [0.2, 0.25) is 0 Å². The first-order chi connectivity index (χ1) is 5.72. The maximum atomic E-state index is 10.9. The van der Waals surface area contributed by atoms with Gasteiger partial charge in [0.2, 0.25) is 0 Å². The Hall–Kier alpha value is -0.730. The van der Waals surface area contributed by atoms with E-state index in [-0.39, 0.29) is 12.1 Å². The normalized spacial score (nSPS) is 16.8. The van der Waals surface area contributed by atoms with Crippen molar-refractivity contribution in [2.45, 2.75) is 40.2 Å². The molecule has 0 aromatic carbocycles. The summed E-state index contributed by atoms with van der Waals surface area (Å²) in [4.78, 5) is 12.7. The molecule has 0 aromatic heterocycles. The standard InChI is InChI=1S/C7H13NO2.C2H6/c1-6(2)8-4-3-5-10-7(8)9;1-2/h6H,3-5H2,1-2H3;1-2H3. The molecule has 72 valence electrons. The molecule has 0 aliphatic carbocycles. The summed E-state index contributed by atoms with van der Waals surface area (Å²) in [6, 6.07) is 0.271. The van der Waals surface area contributed by atoms with Crippen LogP contribution >= 0.6 is 0 Å². The van der Waals surface area contributed by atoms with Gasteiger partial charge >= 0.3 is 6.09 Å². The molecule has 12 heavy (non-hydrogen) atoms. The van der Waals surface area contributed by atoms with Crippen LogP contribution in [-0.2, 0) is 4.74 Å². The lowest BCUT2D eigenvalue weighted by Gasteiger charge is -2.29. The average Bonchev–Trinajstić information content (AvgIpc) is 2.08. The molecule has 1 aliphatic heterocycles. The number of hydrogen-bond acceptors (Lipinski definition) is 2. The Balaban J connectivity index is 0.000000561. The van der Waals surface area contributed by atoms with E-state index in [1.807, 2.05) is 27.7 Å². The fourth-order valence-electron chi connectivity index (χ4n) is 1.04. The zero-order valence-corrected chi connectivity index (χ0v) is 8.46. The van der Waals surface area contributed by atoms with E-state index in [2.05, 4.69) is 0 Å². The second kappa shape index (κ2) is 5.86. The Morgan fingerprint density at radius 3 is 2.33 bits per heavy atom. The quantitative estimate of drug-likeness (QED) is 0.608. The smallest absolute Gasteiger partial charge is 0.409 e. The summed E-state index contributed by atoms with van der Waals surface area (Å²) in [6.45, 7) is 9.41. The summed E-state index contributed by atoms with van der Waals surface area (Å²) in [5.41, 5.74) is 0. The van der Waals surface area contributed by atoms with Crippen molar-refractivity contribution in [2.24, 2.45) is 0 Å². The van der Waals surface area contributed by atoms with E-state index in [9.17, 15) is 4.79 Å². The van der Waals surface area contributed by atoms with Crippen LogP contribution in [0.3, 0.4) is 0 Å². The van der Waals surface area contributed by atoms with E-state index in [1.54, 1.807) is 4.90 Å². The number of carbonyl (C=O) groups excluding carboxylic acids is 1. The molecule has 1 rings (SSSR count). The lowest BCUT2D eigenvalue weighted by molar-refractivity contribution is 0.0613. The van der Waals surface area contributed by atoms with Gasteiger partial charge in [0, 0.05) is 12.6 Å². The first-order valence-corrected chi connectivity index (χ1v) is 4.65. The number of amides is 1. The van der Waals surface area contributed by atoms with Crippen molar-refractivity contribution in [2.75, 3.05) is 13.2 Å². The van der Waals surface area contributed by atoms with Crippen LogP contribution in [0.5, 0.6) is 0 Å². The minimum absolute atomic E-state index is 0.166. The second-order valence-corrected chi connectivity index (χ2v) is 2.76. The molecule has 0 bridgehead atoms. The Kier molecular flexibility index (Phi) is 5.51. The van der Waals surface area contributed by atoms with E-state index < -0.39 is 0 Å². The lowest BCUT2D eigenvalue weighted by atomic mass is 10.3. The molecule has 3 nitrogen and oxygen atoms in total. The Labute approximate surface area is 74.7 Å².